The Balaban J connectivity index is 1.41. The molecule has 0 radical (unpaired) electrons. The second-order valence-electron chi connectivity index (χ2n) is 10.1. The predicted molar refractivity (Wildman–Crippen MR) is 128 cm³/mol. The van der Waals surface area contributed by atoms with Crippen molar-refractivity contribution in [2.24, 2.45) is 17.8 Å². The maximum atomic E-state index is 14.9. The second-order valence-corrected chi connectivity index (χ2v) is 10.1. The Morgan fingerprint density at radius 2 is 1.66 bits per heavy atom. The maximum absolute atomic E-state index is 14.9. The Kier molecular flexibility index (Phi) is 7.91. The minimum atomic E-state index is -0.592. The Bertz CT molecular complexity index is 934. The zero-order chi connectivity index (χ0) is 22.5. The van der Waals surface area contributed by atoms with Crippen molar-refractivity contribution in [3.05, 3.63) is 40.2 Å². The number of rotatable bonds is 8. The van der Waals surface area contributed by atoms with Crippen LogP contribution >= 0.6 is 0 Å². The summed E-state index contributed by atoms with van der Waals surface area (Å²) in [4.78, 5) is 12.7. The van der Waals surface area contributed by atoms with Crippen LogP contribution in [0.5, 0.6) is 5.75 Å². The summed E-state index contributed by atoms with van der Waals surface area (Å²) in [5, 5.41) is 0.637. The van der Waals surface area contributed by atoms with E-state index in [1.807, 2.05) is 6.07 Å². The SMILES string of the molecule is CCCCCOc1ccc2cc(C3CCC(C4CCC(CC)CC4)CC3)oc(=O)c2c1F. The van der Waals surface area contributed by atoms with E-state index < -0.39 is 11.4 Å². The van der Waals surface area contributed by atoms with Gasteiger partial charge in [-0.15, -0.1) is 0 Å². The molecular formula is C28H39FO3. The fraction of sp³-hybridized carbons (Fsp3) is 0.679. The van der Waals surface area contributed by atoms with E-state index in [1.54, 1.807) is 12.1 Å². The maximum Gasteiger partial charge on any atom is 0.346 e. The molecule has 0 N–H and O–H groups in total. The summed E-state index contributed by atoms with van der Waals surface area (Å²) in [6.45, 7) is 4.90. The first-order valence-corrected chi connectivity index (χ1v) is 13.0. The zero-order valence-corrected chi connectivity index (χ0v) is 19.8. The van der Waals surface area contributed by atoms with Crippen molar-refractivity contribution in [3.63, 3.8) is 0 Å². The molecule has 0 amide bonds. The summed E-state index contributed by atoms with van der Waals surface area (Å²) >= 11 is 0. The molecule has 0 bridgehead atoms. The van der Waals surface area contributed by atoms with Crippen molar-refractivity contribution in [1.82, 2.24) is 0 Å². The number of fused-ring (bicyclic) bond motifs is 1. The van der Waals surface area contributed by atoms with E-state index in [-0.39, 0.29) is 17.1 Å². The quantitative estimate of drug-likeness (QED) is 0.389. The first kappa shape index (κ1) is 23.3. The molecule has 4 rings (SSSR count). The van der Waals surface area contributed by atoms with Gasteiger partial charge in [-0.2, -0.15) is 0 Å². The molecule has 2 fully saturated rings. The summed E-state index contributed by atoms with van der Waals surface area (Å²) in [6, 6.07) is 5.33. The average molecular weight is 443 g/mol. The third-order valence-electron chi connectivity index (χ3n) is 8.17. The largest absolute Gasteiger partial charge is 0.490 e. The lowest BCUT2D eigenvalue weighted by Gasteiger charge is -2.37. The molecule has 4 heteroatoms. The van der Waals surface area contributed by atoms with Gasteiger partial charge in [0, 0.05) is 5.92 Å². The molecule has 0 unspecified atom stereocenters. The lowest BCUT2D eigenvalue weighted by atomic mass is 9.68. The van der Waals surface area contributed by atoms with Crippen LogP contribution in [-0.4, -0.2) is 6.61 Å². The third kappa shape index (κ3) is 5.21. The van der Waals surface area contributed by atoms with Crippen LogP contribution in [0.3, 0.4) is 0 Å². The van der Waals surface area contributed by atoms with Crippen LogP contribution in [0.4, 0.5) is 4.39 Å². The molecule has 0 atom stereocenters. The van der Waals surface area contributed by atoms with E-state index in [4.69, 9.17) is 9.15 Å². The van der Waals surface area contributed by atoms with E-state index in [0.717, 1.165) is 55.6 Å². The monoisotopic (exact) mass is 442 g/mol. The van der Waals surface area contributed by atoms with Crippen LogP contribution in [0.25, 0.3) is 10.8 Å². The number of halogens is 1. The topological polar surface area (TPSA) is 39.4 Å². The summed E-state index contributed by atoms with van der Waals surface area (Å²) in [6.07, 6.45) is 14.5. The number of hydrogen-bond donors (Lipinski definition) is 0. The van der Waals surface area contributed by atoms with Gasteiger partial charge in [-0.05, 0) is 80.2 Å². The van der Waals surface area contributed by atoms with Crippen LogP contribution in [0.2, 0.25) is 0 Å². The van der Waals surface area contributed by atoms with Gasteiger partial charge < -0.3 is 9.15 Å². The van der Waals surface area contributed by atoms with Gasteiger partial charge in [-0.1, -0.05) is 52.0 Å². The van der Waals surface area contributed by atoms with E-state index in [9.17, 15) is 9.18 Å². The van der Waals surface area contributed by atoms with Crippen molar-refractivity contribution >= 4 is 10.8 Å². The highest BCUT2D eigenvalue weighted by atomic mass is 19.1. The van der Waals surface area contributed by atoms with Gasteiger partial charge in [-0.25, -0.2) is 9.18 Å². The lowest BCUT2D eigenvalue weighted by molar-refractivity contribution is 0.154. The third-order valence-corrected chi connectivity index (χ3v) is 8.17. The van der Waals surface area contributed by atoms with Gasteiger partial charge in [-0.3, -0.25) is 0 Å². The highest BCUT2D eigenvalue weighted by Gasteiger charge is 2.32. The molecule has 2 aromatic rings. The van der Waals surface area contributed by atoms with E-state index in [2.05, 4.69) is 13.8 Å². The van der Waals surface area contributed by atoms with E-state index in [1.165, 1.54) is 44.9 Å². The van der Waals surface area contributed by atoms with Gasteiger partial charge in [0.1, 0.15) is 11.1 Å². The molecule has 0 saturated heterocycles. The van der Waals surface area contributed by atoms with Crippen LogP contribution in [-0.2, 0) is 0 Å². The Morgan fingerprint density at radius 1 is 0.969 bits per heavy atom. The van der Waals surface area contributed by atoms with Crippen LogP contribution in [0, 0.1) is 23.6 Å². The number of hydrogen-bond acceptors (Lipinski definition) is 3. The van der Waals surface area contributed by atoms with Crippen molar-refractivity contribution in [3.8, 4) is 5.75 Å². The molecule has 176 valence electrons. The molecule has 2 aliphatic rings. The molecule has 0 aliphatic heterocycles. The Labute approximate surface area is 191 Å². The Morgan fingerprint density at radius 3 is 2.31 bits per heavy atom. The molecule has 2 aliphatic carbocycles. The standard InChI is InChI=1S/C28H39FO3/c1-3-5-6-17-31-24-16-15-23-18-25(32-28(30)26(23)27(24)29)22-13-11-21(12-14-22)20-9-7-19(4-2)8-10-20/h15-16,18-22H,3-14,17H2,1-2H3. The molecular weight excluding hydrogens is 403 g/mol. The summed E-state index contributed by atoms with van der Waals surface area (Å²) in [5.74, 6) is 3.19. The van der Waals surface area contributed by atoms with E-state index in [0.29, 0.717) is 12.0 Å². The van der Waals surface area contributed by atoms with Gasteiger partial charge in [0.25, 0.3) is 0 Å². The molecule has 32 heavy (non-hydrogen) atoms. The molecule has 1 aromatic heterocycles. The van der Waals surface area contributed by atoms with Crippen molar-refractivity contribution in [2.45, 2.75) is 96.8 Å². The highest BCUT2D eigenvalue weighted by Crippen LogP contribution is 2.44. The van der Waals surface area contributed by atoms with Crippen molar-refractivity contribution in [2.75, 3.05) is 6.61 Å². The number of benzene rings is 1. The van der Waals surface area contributed by atoms with Crippen LogP contribution < -0.4 is 10.4 Å². The minimum Gasteiger partial charge on any atom is -0.490 e. The second kappa shape index (κ2) is 10.9. The molecule has 0 spiro atoms. The van der Waals surface area contributed by atoms with Gasteiger partial charge >= 0.3 is 5.63 Å². The van der Waals surface area contributed by atoms with Crippen LogP contribution in [0.1, 0.15) is 103 Å². The lowest BCUT2D eigenvalue weighted by Crippen LogP contribution is -2.25. The summed E-state index contributed by atoms with van der Waals surface area (Å²) in [5.41, 5.74) is -0.575. The van der Waals surface area contributed by atoms with Gasteiger partial charge in [0.2, 0.25) is 0 Å². The molecule has 1 aromatic carbocycles. The summed E-state index contributed by atoms with van der Waals surface area (Å²) < 4.78 is 26.2. The van der Waals surface area contributed by atoms with Crippen molar-refractivity contribution < 1.29 is 13.5 Å². The minimum absolute atomic E-state index is 0.0168. The molecule has 1 heterocycles. The summed E-state index contributed by atoms with van der Waals surface area (Å²) in [7, 11) is 0. The predicted octanol–water partition coefficient (Wildman–Crippen LogP) is 7.99. The molecule has 2 saturated carbocycles. The first-order valence-electron chi connectivity index (χ1n) is 13.0. The number of ether oxygens (including phenoxy) is 1. The van der Waals surface area contributed by atoms with Crippen molar-refractivity contribution in [1.29, 1.82) is 0 Å². The smallest absolute Gasteiger partial charge is 0.346 e. The van der Waals surface area contributed by atoms with Gasteiger partial charge in [0.05, 0.1) is 6.61 Å². The van der Waals surface area contributed by atoms with E-state index >= 15 is 0 Å². The first-order chi connectivity index (χ1) is 15.6. The van der Waals surface area contributed by atoms with Crippen LogP contribution in [0.15, 0.2) is 27.4 Å². The zero-order valence-electron chi connectivity index (χ0n) is 19.8. The highest BCUT2D eigenvalue weighted by molar-refractivity contribution is 5.83. The average Bonchev–Trinajstić information content (AvgIpc) is 2.83. The fourth-order valence-electron chi connectivity index (χ4n) is 6.03. The molecule has 3 nitrogen and oxygen atoms in total. The number of unbranched alkanes of at least 4 members (excludes halogenated alkanes) is 2. The normalized spacial score (nSPS) is 26.3. The fourth-order valence-corrected chi connectivity index (χ4v) is 6.03. The Hall–Kier alpha value is -1.84. The van der Waals surface area contributed by atoms with Gasteiger partial charge in [0.15, 0.2) is 11.6 Å².